The number of hydrogen-bond acceptors (Lipinski definition) is 3. The van der Waals surface area contributed by atoms with Crippen LogP contribution in [0.3, 0.4) is 0 Å². The molecule has 0 radical (unpaired) electrons. The molecule has 0 aliphatic carbocycles. The number of amides is 2. The second kappa shape index (κ2) is 7.84. The lowest BCUT2D eigenvalue weighted by atomic mass is 10.2. The minimum absolute atomic E-state index is 0.266. The number of aromatic amines is 1. The van der Waals surface area contributed by atoms with Gasteiger partial charge in [-0.25, -0.2) is 9.78 Å². The van der Waals surface area contributed by atoms with Crippen LogP contribution in [-0.2, 0) is 6.54 Å². The molecule has 4 aromatic rings. The molecule has 3 N–H and O–H groups in total. The van der Waals surface area contributed by atoms with Gasteiger partial charge in [0.15, 0.2) is 0 Å². The van der Waals surface area contributed by atoms with Gasteiger partial charge in [0.2, 0.25) is 0 Å². The average molecular weight is 372 g/mol. The summed E-state index contributed by atoms with van der Waals surface area (Å²) in [4.78, 5) is 20.1. The smallest absolute Gasteiger partial charge is 0.319 e. The Labute approximate surface area is 162 Å². The van der Waals surface area contributed by atoms with E-state index in [0.717, 1.165) is 33.7 Å². The lowest BCUT2D eigenvalue weighted by Crippen LogP contribution is -2.28. The second-order valence-electron chi connectivity index (χ2n) is 6.34. The van der Waals surface area contributed by atoms with Gasteiger partial charge in [-0.3, -0.25) is 0 Å². The van der Waals surface area contributed by atoms with Crippen molar-refractivity contribution in [2.75, 3.05) is 12.4 Å². The number of ether oxygens (including phenoxy) is 1. The zero-order chi connectivity index (χ0) is 19.3. The van der Waals surface area contributed by atoms with Crippen LogP contribution >= 0.6 is 0 Å². The Morgan fingerprint density at radius 3 is 2.64 bits per heavy atom. The van der Waals surface area contributed by atoms with Crippen molar-refractivity contribution in [3.8, 4) is 17.1 Å². The molecular formula is C22H20N4O2. The maximum Gasteiger partial charge on any atom is 0.319 e. The van der Waals surface area contributed by atoms with Crippen molar-refractivity contribution < 1.29 is 9.53 Å². The molecule has 140 valence electrons. The Balaban J connectivity index is 1.41. The van der Waals surface area contributed by atoms with Gasteiger partial charge in [-0.05, 0) is 42.0 Å². The highest BCUT2D eigenvalue weighted by molar-refractivity contribution is 5.90. The van der Waals surface area contributed by atoms with Gasteiger partial charge in [0.05, 0.1) is 18.1 Å². The van der Waals surface area contributed by atoms with E-state index in [1.807, 2.05) is 72.8 Å². The predicted molar refractivity (Wildman–Crippen MR) is 110 cm³/mol. The lowest BCUT2D eigenvalue weighted by Gasteiger charge is -2.09. The maximum absolute atomic E-state index is 12.2. The maximum atomic E-state index is 12.2. The Bertz CT molecular complexity index is 1070. The summed E-state index contributed by atoms with van der Waals surface area (Å²) in [5, 5.41) is 5.71. The van der Waals surface area contributed by atoms with E-state index in [0.29, 0.717) is 12.2 Å². The van der Waals surface area contributed by atoms with Crippen LogP contribution < -0.4 is 15.4 Å². The Hall–Kier alpha value is -3.80. The van der Waals surface area contributed by atoms with E-state index in [-0.39, 0.29) is 6.03 Å². The summed E-state index contributed by atoms with van der Waals surface area (Å²) in [5.74, 6) is 1.55. The Kier molecular flexibility index (Phi) is 4.93. The monoisotopic (exact) mass is 372 g/mol. The standard InChI is InChI=1S/C22H20N4O2/c1-28-18-11-9-15(10-12-18)14-23-22(27)24-17-6-4-5-16(13-17)21-25-19-7-2-3-8-20(19)26-21/h2-13H,14H2,1H3,(H,25,26)(H2,23,24,27). The van der Waals surface area contributed by atoms with Gasteiger partial charge in [-0.2, -0.15) is 0 Å². The number of anilines is 1. The molecule has 0 saturated carbocycles. The van der Waals surface area contributed by atoms with E-state index in [1.54, 1.807) is 7.11 Å². The third-order valence-electron chi connectivity index (χ3n) is 4.40. The molecule has 0 atom stereocenters. The zero-order valence-electron chi connectivity index (χ0n) is 15.4. The van der Waals surface area contributed by atoms with Crippen molar-refractivity contribution >= 4 is 22.8 Å². The third-order valence-corrected chi connectivity index (χ3v) is 4.40. The highest BCUT2D eigenvalue weighted by Crippen LogP contribution is 2.23. The van der Waals surface area contributed by atoms with Crippen molar-refractivity contribution in [2.24, 2.45) is 0 Å². The molecule has 0 saturated heterocycles. The molecule has 1 aromatic heterocycles. The molecule has 6 nitrogen and oxygen atoms in total. The van der Waals surface area contributed by atoms with Crippen molar-refractivity contribution in [3.63, 3.8) is 0 Å². The van der Waals surface area contributed by atoms with Gasteiger partial charge in [0, 0.05) is 17.8 Å². The zero-order valence-corrected chi connectivity index (χ0v) is 15.4. The van der Waals surface area contributed by atoms with Crippen LogP contribution in [0.15, 0.2) is 72.8 Å². The predicted octanol–water partition coefficient (Wildman–Crippen LogP) is 4.56. The summed E-state index contributed by atoms with van der Waals surface area (Å²) >= 11 is 0. The number of benzene rings is 3. The van der Waals surface area contributed by atoms with Crippen molar-refractivity contribution in [3.05, 3.63) is 78.4 Å². The number of rotatable bonds is 5. The molecule has 0 unspecified atom stereocenters. The fourth-order valence-electron chi connectivity index (χ4n) is 2.93. The van der Waals surface area contributed by atoms with Crippen LogP contribution in [0, 0.1) is 0 Å². The van der Waals surface area contributed by atoms with Crippen molar-refractivity contribution in [1.82, 2.24) is 15.3 Å². The van der Waals surface area contributed by atoms with E-state index < -0.39 is 0 Å². The summed E-state index contributed by atoms with van der Waals surface area (Å²) < 4.78 is 5.13. The minimum atomic E-state index is -0.266. The fourth-order valence-corrected chi connectivity index (χ4v) is 2.93. The first-order valence-electron chi connectivity index (χ1n) is 8.94. The van der Waals surface area contributed by atoms with Crippen molar-refractivity contribution in [1.29, 1.82) is 0 Å². The number of nitrogens with one attached hydrogen (secondary N) is 3. The van der Waals surface area contributed by atoms with E-state index in [1.165, 1.54) is 0 Å². The summed E-state index contributed by atoms with van der Waals surface area (Å²) in [7, 11) is 1.63. The van der Waals surface area contributed by atoms with Gasteiger partial charge in [-0.15, -0.1) is 0 Å². The highest BCUT2D eigenvalue weighted by atomic mass is 16.5. The minimum Gasteiger partial charge on any atom is -0.497 e. The average Bonchev–Trinajstić information content (AvgIpc) is 3.17. The number of hydrogen-bond donors (Lipinski definition) is 3. The van der Waals surface area contributed by atoms with Crippen LogP contribution in [-0.4, -0.2) is 23.1 Å². The summed E-state index contributed by atoms with van der Waals surface area (Å²) in [6.45, 7) is 0.430. The van der Waals surface area contributed by atoms with E-state index >= 15 is 0 Å². The first-order chi connectivity index (χ1) is 13.7. The number of carbonyl (C=O) groups excluding carboxylic acids is 1. The molecule has 0 aliphatic rings. The molecular weight excluding hydrogens is 352 g/mol. The van der Waals surface area contributed by atoms with Gasteiger partial charge < -0.3 is 20.4 Å². The Morgan fingerprint density at radius 2 is 1.86 bits per heavy atom. The molecule has 28 heavy (non-hydrogen) atoms. The van der Waals surface area contributed by atoms with Gasteiger partial charge >= 0.3 is 6.03 Å². The van der Waals surface area contributed by atoms with Gasteiger partial charge in [-0.1, -0.05) is 36.4 Å². The first-order valence-corrected chi connectivity index (χ1v) is 8.94. The summed E-state index contributed by atoms with van der Waals surface area (Å²) in [6, 6.07) is 22.8. The van der Waals surface area contributed by atoms with E-state index in [9.17, 15) is 4.79 Å². The normalized spacial score (nSPS) is 10.6. The number of urea groups is 1. The number of fused-ring (bicyclic) bond motifs is 1. The van der Waals surface area contributed by atoms with Crippen LogP contribution in [0.25, 0.3) is 22.4 Å². The molecule has 6 heteroatoms. The molecule has 0 aliphatic heterocycles. The topological polar surface area (TPSA) is 79.0 Å². The lowest BCUT2D eigenvalue weighted by molar-refractivity contribution is 0.251. The quantitative estimate of drug-likeness (QED) is 0.480. The second-order valence-corrected chi connectivity index (χ2v) is 6.34. The number of para-hydroxylation sites is 2. The SMILES string of the molecule is COc1ccc(CNC(=O)Nc2cccc(-c3nc4ccccc4[nH]3)c2)cc1. The third kappa shape index (κ3) is 3.96. The highest BCUT2D eigenvalue weighted by Gasteiger charge is 2.07. The van der Waals surface area contributed by atoms with Crippen LogP contribution in [0.4, 0.5) is 10.5 Å². The number of H-pyrrole nitrogens is 1. The number of methoxy groups -OCH3 is 1. The first kappa shape index (κ1) is 17.6. The number of nitrogens with zero attached hydrogens (tertiary/aromatic N) is 1. The fraction of sp³-hybridized carbons (Fsp3) is 0.0909. The van der Waals surface area contributed by atoms with Crippen LogP contribution in [0.1, 0.15) is 5.56 Å². The molecule has 3 aromatic carbocycles. The number of aromatic nitrogens is 2. The number of carbonyl (C=O) groups is 1. The van der Waals surface area contributed by atoms with E-state index in [4.69, 9.17) is 4.74 Å². The molecule has 2 amide bonds. The number of imidazole rings is 1. The van der Waals surface area contributed by atoms with E-state index in [2.05, 4.69) is 20.6 Å². The largest absolute Gasteiger partial charge is 0.497 e. The molecule has 0 spiro atoms. The van der Waals surface area contributed by atoms with Crippen molar-refractivity contribution in [2.45, 2.75) is 6.54 Å². The van der Waals surface area contributed by atoms with Crippen LogP contribution in [0.2, 0.25) is 0 Å². The van der Waals surface area contributed by atoms with Gasteiger partial charge in [0.1, 0.15) is 11.6 Å². The van der Waals surface area contributed by atoms with Crippen LogP contribution in [0.5, 0.6) is 5.75 Å². The Morgan fingerprint density at radius 1 is 1.04 bits per heavy atom. The molecule has 0 fully saturated rings. The summed E-state index contributed by atoms with van der Waals surface area (Å²) in [6.07, 6.45) is 0. The molecule has 1 heterocycles. The summed E-state index contributed by atoms with van der Waals surface area (Å²) in [5.41, 5.74) is 4.49. The van der Waals surface area contributed by atoms with Gasteiger partial charge in [0.25, 0.3) is 0 Å². The molecule has 4 rings (SSSR count). The molecule has 0 bridgehead atoms.